The second-order valence-corrected chi connectivity index (χ2v) is 6.40. The molecule has 2 rings (SSSR count). The quantitative estimate of drug-likeness (QED) is 0.726. The van der Waals surface area contributed by atoms with E-state index in [1.165, 1.54) is 0 Å². The van der Waals surface area contributed by atoms with Gasteiger partial charge in [-0.05, 0) is 50.2 Å². The van der Waals surface area contributed by atoms with E-state index in [1.807, 2.05) is 19.9 Å². The summed E-state index contributed by atoms with van der Waals surface area (Å²) in [6, 6.07) is 12.0. The van der Waals surface area contributed by atoms with E-state index in [4.69, 9.17) is 23.2 Å². The summed E-state index contributed by atoms with van der Waals surface area (Å²) in [7, 11) is 0. The minimum absolute atomic E-state index is 0.0288. The molecule has 0 aliphatic heterocycles. The number of anilines is 2. The molecule has 0 radical (unpaired) electrons. The average molecular weight is 394 g/mol. The zero-order valence-electron chi connectivity index (χ0n) is 14.7. The van der Waals surface area contributed by atoms with Crippen molar-refractivity contribution in [1.82, 2.24) is 4.90 Å². The molecule has 0 heterocycles. The van der Waals surface area contributed by atoms with Crippen LogP contribution in [0.4, 0.5) is 11.4 Å². The highest BCUT2D eigenvalue weighted by molar-refractivity contribution is 6.42. The van der Waals surface area contributed by atoms with Crippen LogP contribution in [0.2, 0.25) is 10.0 Å². The van der Waals surface area contributed by atoms with Crippen molar-refractivity contribution in [3.63, 3.8) is 0 Å². The Hall–Kier alpha value is -2.24. The van der Waals surface area contributed by atoms with E-state index < -0.39 is 0 Å². The van der Waals surface area contributed by atoms with E-state index in [-0.39, 0.29) is 18.4 Å². The van der Waals surface area contributed by atoms with E-state index in [0.717, 1.165) is 0 Å². The van der Waals surface area contributed by atoms with Crippen molar-refractivity contribution in [3.05, 3.63) is 58.1 Å². The Kier molecular flexibility index (Phi) is 7.30. The summed E-state index contributed by atoms with van der Waals surface area (Å²) in [5, 5.41) is 6.56. The number of benzene rings is 2. The lowest BCUT2D eigenvalue weighted by Gasteiger charge is -2.19. The molecule has 0 saturated heterocycles. The standard InChI is InChI=1S/C19H21Cl2N3O2/c1-3-24(4-2)19(26)13-6-5-7-14(10-13)22-12-18(25)23-15-8-9-16(20)17(21)11-15/h5-11,22H,3-4,12H2,1-2H3,(H,23,25). The van der Waals surface area contributed by atoms with E-state index in [9.17, 15) is 9.59 Å². The summed E-state index contributed by atoms with van der Waals surface area (Å²) in [6.45, 7) is 5.25. The molecule has 0 spiro atoms. The van der Waals surface area contributed by atoms with Crippen molar-refractivity contribution in [2.75, 3.05) is 30.3 Å². The molecule has 2 N–H and O–H groups in total. The molecule has 2 aromatic carbocycles. The molecule has 26 heavy (non-hydrogen) atoms. The number of nitrogens with zero attached hydrogens (tertiary/aromatic N) is 1. The second kappa shape index (κ2) is 9.46. The maximum absolute atomic E-state index is 12.4. The van der Waals surface area contributed by atoms with Crippen molar-refractivity contribution in [2.45, 2.75) is 13.8 Å². The van der Waals surface area contributed by atoms with Crippen molar-refractivity contribution >= 4 is 46.4 Å². The van der Waals surface area contributed by atoms with Gasteiger partial charge in [0.2, 0.25) is 5.91 Å². The van der Waals surface area contributed by atoms with Crippen LogP contribution in [0.5, 0.6) is 0 Å². The molecule has 0 aliphatic carbocycles. The van der Waals surface area contributed by atoms with E-state index in [2.05, 4.69) is 10.6 Å². The van der Waals surface area contributed by atoms with Gasteiger partial charge >= 0.3 is 0 Å². The third-order valence-electron chi connectivity index (χ3n) is 3.82. The maximum atomic E-state index is 12.4. The molecule has 2 aromatic rings. The molecule has 0 bridgehead atoms. The van der Waals surface area contributed by atoms with Crippen molar-refractivity contribution in [3.8, 4) is 0 Å². The number of nitrogens with one attached hydrogen (secondary N) is 2. The monoisotopic (exact) mass is 393 g/mol. The molecule has 0 unspecified atom stereocenters. The van der Waals surface area contributed by atoms with Gasteiger partial charge in [-0.15, -0.1) is 0 Å². The van der Waals surface area contributed by atoms with E-state index in [1.54, 1.807) is 41.3 Å². The van der Waals surface area contributed by atoms with Crippen LogP contribution in [0.25, 0.3) is 0 Å². The maximum Gasteiger partial charge on any atom is 0.253 e. The van der Waals surface area contributed by atoms with Gasteiger partial charge in [-0.2, -0.15) is 0 Å². The lowest BCUT2D eigenvalue weighted by atomic mass is 10.1. The van der Waals surface area contributed by atoms with Gasteiger partial charge in [-0.1, -0.05) is 29.3 Å². The van der Waals surface area contributed by atoms with Crippen molar-refractivity contribution < 1.29 is 9.59 Å². The molecular formula is C19H21Cl2N3O2. The largest absolute Gasteiger partial charge is 0.376 e. The van der Waals surface area contributed by atoms with Gasteiger partial charge < -0.3 is 15.5 Å². The minimum Gasteiger partial charge on any atom is -0.376 e. The van der Waals surface area contributed by atoms with Gasteiger partial charge in [0, 0.05) is 30.0 Å². The van der Waals surface area contributed by atoms with Crippen molar-refractivity contribution in [2.24, 2.45) is 0 Å². The van der Waals surface area contributed by atoms with Crippen molar-refractivity contribution in [1.29, 1.82) is 0 Å². The normalized spacial score (nSPS) is 10.3. The van der Waals surface area contributed by atoms with Crippen LogP contribution in [0.15, 0.2) is 42.5 Å². The summed E-state index contributed by atoms with van der Waals surface area (Å²) in [4.78, 5) is 26.2. The Balaban J connectivity index is 1.96. The zero-order valence-corrected chi connectivity index (χ0v) is 16.2. The Morgan fingerprint density at radius 1 is 0.962 bits per heavy atom. The molecule has 0 fully saturated rings. The third kappa shape index (κ3) is 5.38. The molecule has 7 heteroatoms. The van der Waals surface area contributed by atoms with Crippen LogP contribution in [0.3, 0.4) is 0 Å². The molecule has 138 valence electrons. The predicted octanol–water partition coefficient (Wildman–Crippen LogP) is 4.53. The number of hydrogen-bond acceptors (Lipinski definition) is 3. The predicted molar refractivity (Wildman–Crippen MR) is 107 cm³/mol. The average Bonchev–Trinajstić information content (AvgIpc) is 2.64. The number of rotatable bonds is 7. The number of hydrogen-bond donors (Lipinski definition) is 2. The number of halogens is 2. The highest BCUT2D eigenvalue weighted by atomic mass is 35.5. The molecule has 5 nitrogen and oxygen atoms in total. The first-order chi connectivity index (χ1) is 12.4. The van der Waals surface area contributed by atoms with Crippen LogP contribution in [0, 0.1) is 0 Å². The second-order valence-electron chi connectivity index (χ2n) is 5.59. The van der Waals surface area contributed by atoms with Gasteiger partial charge in [0.15, 0.2) is 0 Å². The fourth-order valence-electron chi connectivity index (χ4n) is 2.42. The van der Waals surface area contributed by atoms with Gasteiger partial charge in [0.25, 0.3) is 5.91 Å². The first-order valence-electron chi connectivity index (χ1n) is 8.32. The van der Waals surface area contributed by atoms with Gasteiger partial charge in [-0.3, -0.25) is 9.59 Å². The first kappa shape index (κ1) is 20.1. The third-order valence-corrected chi connectivity index (χ3v) is 4.56. The molecule has 0 aliphatic rings. The van der Waals surface area contributed by atoms with Gasteiger partial charge in [-0.25, -0.2) is 0 Å². The van der Waals surface area contributed by atoms with Crippen LogP contribution in [-0.2, 0) is 4.79 Å². The minimum atomic E-state index is -0.233. The zero-order chi connectivity index (χ0) is 19.1. The van der Waals surface area contributed by atoms with Crippen LogP contribution in [-0.4, -0.2) is 36.3 Å². The van der Waals surface area contributed by atoms with Crippen LogP contribution < -0.4 is 10.6 Å². The lowest BCUT2D eigenvalue weighted by molar-refractivity contribution is -0.114. The fourth-order valence-corrected chi connectivity index (χ4v) is 2.72. The summed E-state index contributed by atoms with van der Waals surface area (Å²) in [5.41, 5.74) is 1.85. The Labute approximate surface area is 163 Å². The SMILES string of the molecule is CCN(CC)C(=O)c1cccc(NCC(=O)Nc2ccc(Cl)c(Cl)c2)c1. The smallest absolute Gasteiger partial charge is 0.253 e. The van der Waals surface area contributed by atoms with Gasteiger partial charge in [0.05, 0.1) is 16.6 Å². The van der Waals surface area contributed by atoms with E-state index >= 15 is 0 Å². The molecule has 0 saturated carbocycles. The van der Waals surface area contributed by atoms with Crippen LogP contribution >= 0.6 is 23.2 Å². The van der Waals surface area contributed by atoms with Crippen LogP contribution in [0.1, 0.15) is 24.2 Å². The summed E-state index contributed by atoms with van der Waals surface area (Å²) < 4.78 is 0. The van der Waals surface area contributed by atoms with Gasteiger partial charge in [0.1, 0.15) is 0 Å². The number of carbonyl (C=O) groups excluding carboxylic acids is 2. The Morgan fingerprint density at radius 2 is 1.69 bits per heavy atom. The first-order valence-corrected chi connectivity index (χ1v) is 9.08. The highest BCUT2D eigenvalue weighted by Gasteiger charge is 2.13. The number of carbonyl (C=O) groups is 2. The molecule has 2 amide bonds. The van der Waals surface area contributed by atoms with E-state index in [0.29, 0.717) is 40.1 Å². The summed E-state index contributed by atoms with van der Waals surface area (Å²) >= 11 is 11.8. The molecule has 0 aromatic heterocycles. The topological polar surface area (TPSA) is 61.4 Å². The summed E-state index contributed by atoms with van der Waals surface area (Å²) in [5.74, 6) is -0.261. The molecular weight excluding hydrogens is 373 g/mol. The lowest BCUT2D eigenvalue weighted by Crippen LogP contribution is -2.30. The highest BCUT2D eigenvalue weighted by Crippen LogP contribution is 2.25. The fraction of sp³-hybridized carbons (Fsp3) is 0.263. The Bertz CT molecular complexity index is 792. The molecule has 0 atom stereocenters. The Morgan fingerprint density at radius 3 is 2.35 bits per heavy atom. The summed E-state index contributed by atoms with van der Waals surface area (Å²) in [6.07, 6.45) is 0. The number of amides is 2.